The zero-order valence-corrected chi connectivity index (χ0v) is 17.9. The van der Waals surface area contributed by atoms with E-state index in [0.29, 0.717) is 12.5 Å². The average molecular weight is 489 g/mol. The summed E-state index contributed by atoms with van der Waals surface area (Å²) in [5.41, 5.74) is 1.98. The third kappa shape index (κ3) is 6.89. The minimum Gasteiger partial charge on any atom is -0.356 e. The molecule has 9 heteroatoms. The first-order valence-corrected chi connectivity index (χ1v) is 9.40. The molecule has 1 heterocycles. The van der Waals surface area contributed by atoms with E-state index in [1.165, 1.54) is 7.05 Å². The summed E-state index contributed by atoms with van der Waals surface area (Å²) in [4.78, 5) is 8.69. The predicted molar refractivity (Wildman–Crippen MR) is 114 cm³/mol. The molecule has 0 saturated carbocycles. The summed E-state index contributed by atoms with van der Waals surface area (Å²) in [6.07, 6.45) is 2.58. The molecule has 0 fully saturated rings. The Bertz CT molecular complexity index is 796. The van der Waals surface area contributed by atoms with Crippen molar-refractivity contribution in [3.8, 4) is 0 Å². The van der Waals surface area contributed by atoms with E-state index >= 15 is 0 Å². The fourth-order valence-corrected chi connectivity index (χ4v) is 2.90. The van der Waals surface area contributed by atoms with Crippen molar-refractivity contribution in [3.63, 3.8) is 0 Å². The van der Waals surface area contributed by atoms with E-state index in [1.807, 2.05) is 18.2 Å². The van der Waals surface area contributed by atoms with Crippen LogP contribution in [0.1, 0.15) is 11.3 Å². The van der Waals surface area contributed by atoms with E-state index in [2.05, 4.69) is 25.3 Å². The second-order valence-electron chi connectivity index (χ2n) is 5.28. The third-order valence-corrected chi connectivity index (χ3v) is 5.02. The molecule has 0 aliphatic carbocycles. The minimum absolute atomic E-state index is 0. The number of halogens is 1. The summed E-state index contributed by atoms with van der Waals surface area (Å²) in [7, 11) is -0.300. The van der Waals surface area contributed by atoms with Crippen LogP contribution >= 0.6 is 24.0 Å². The van der Waals surface area contributed by atoms with Crippen molar-refractivity contribution in [2.24, 2.45) is 4.99 Å². The summed E-state index contributed by atoms with van der Waals surface area (Å²) in [5, 5.41) is 6.42. The van der Waals surface area contributed by atoms with Crippen LogP contribution in [-0.4, -0.2) is 40.0 Å². The molecule has 7 nitrogen and oxygen atoms in total. The lowest BCUT2D eigenvalue weighted by Crippen LogP contribution is -2.37. The smallest absolute Gasteiger partial charge is 0.240 e. The number of pyridine rings is 1. The van der Waals surface area contributed by atoms with Crippen LogP contribution in [0.4, 0.5) is 0 Å². The molecular formula is C17H24IN5O2S. The fraction of sp³-hybridized carbons (Fsp3) is 0.294. The topological polar surface area (TPSA) is 95.5 Å². The van der Waals surface area contributed by atoms with Gasteiger partial charge in [-0.25, -0.2) is 13.1 Å². The number of benzene rings is 1. The molecule has 0 radical (unpaired) electrons. The van der Waals surface area contributed by atoms with E-state index in [0.717, 1.165) is 24.2 Å². The maximum absolute atomic E-state index is 11.7. The summed E-state index contributed by atoms with van der Waals surface area (Å²) in [6.45, 7) is 1.26. The van der Waals surface area contributed by atoms with E-state index in [4.69, 9.17) is 0 Å². The van der Waals surface area contributed by atoms with Gasteiger partial charge < -0.3 is 10.6 Å². The first-order chi connectivity index (χ1) is 12.0. The minimum atomic E-state index is -3.40. The highest BCUT2D eigenvalue weighted by Gasteiger charge is 2.10. The number of hydrogen-bond donors (Lipinski definition) is 3. The molecule has 0 spiro atoms. The van der Waals surface area contributed by atoms with Gasteiger partial charge in [0.15, 0.2) is 5.96 Å². The second-order valence-corrected chi connectivity index (χ2v) is 7.16. The third-order valence-electron chi connectivity index (χ3n) is 3.59. The number of sulfonamides is 1. The standard InChI is InChI=1S/C17H23N5O2S.HI/c1-18-17(21-12-10-15-5-3-4-11-20-15)22-13-14-6-8-16(9-7-14)25(23,24)19-2;/h3-9,11,19H,10,12-13H2,1-2H3,(H2,18,21,22);1H. The van der Waals surface area contributed by atoms with Crippen LogP contribution < -0.4 is 15.4 Å². The second kappa shape index (κ2) is 11.1. The van der Waals surface area contributed by atoms with E-state index < -0.39 is 10.0 Å². The lowest BCUT2D eigenvalue weighted by Gasteiger charge is -2.12. The largest absolute Gasteiger partial charge is 0.356 e. The molecule has 0 unspecified atom stereocenters. The SMILES string of the molecule is CN=C(NCCc1ccccn1)NCc1ccc(S(=O)(=O)NC)cc1.I. The van der Waals surface area contributed by atoms with E-state index in [9.17, 15) is 8.42 Å². The van der Waals surface area contributed by atoms with Crippen molar-refractivity contribution in [1.82, 2.24) is 20.3 Å². The van der Waals surface area contributed by atoms with Gasteiger partial charge >= 0.3 is 0 Å². The molecule has 2 aromatic rings. The van der Waals surface area contributed by atoms with Crippen LogP contribution in [0.2, 0.25) is 0 Å². The van der Waals surface area contributed by atoms with Crippen molar-refractivity contribution in [3.05, 3.63) is 59.9 Å². The maximum atomic E-state index is 11.7. The molecule has 0 atom stereocenters. The molecule has 0 saturated heterocycles. The summed E-state index contributed by atoms with van der Waals surface area (Å²) in [5.74, 6) is 0.683. The van der Waals surface area contributed by atoms with Gasteiger partial charge in [-0.2, -0.15) is 0 Å². The van der Waals surface area contributed by atoms with E-state index in [-0.39, 0.29) is 28.9 Å². The highest BCUT2D eigenvalue weighted by Crippen LogP contribution is 2.09. The van der Waals surface area contributed by atoms with E-state index in [1.54, 1.807) is 37.5 Å². The van der Waals surface area contributed by atoms with Crippen molar-refractivity contribution in [2.75, 3.05) is 20.6 Å². The molecule has 0 aliphatic rings. The maximum Gasteiger partial charge on any atom is 0.240 e. The Labute approximate surface area is 171 Å². The Balaban J connectivity index is 0.00000338. The lowest BCUT2D eigenvalue weighted by atomic mass is 10.2. The lowest BCUT2D eigenvalue weighted by molar-refractivity contribution is 0.588. The Morgan fingerprint density at radius 1 is 1.12 bits per heavy atom. The van der Waals surface area contributed by atoms with Crippen molar-refractivity contribution in [1.29, 1.82) is 0 Å². The quantitative estimate of drug-likeness (QED) is 0.312. The normalized spacial score (nSPS) is 11.5. The number of rotatable bonds is 7. The highest BCUT2D eigenvalue weighted by molar-refractivity contribution is 14.0. The number of hydrogen-bond acceptors (Lipinski definition) is 4. The molecular weight excluding hydrogens is 465 g/mol. The Hall–Kier alpha value is -1.72. The van der Waals surface area contributed by atoms with Crippen LogP contribution in [0.5, 0.6) is 0 Å². The Kier molecular flexibility index (Phi) is 9.52. The van der Waals surface area contributed by atoms with Gasteiger partial charge in [0.1, 0.15) is 0 Å². The van der Waals surface area contributed by atoms with Gasteiger partial charge in [0.05, 0.1) is 4.90 Å². The number of aromatic nitrogens is 1. The number of aliphatic imine (C=N–C) groups is 1. The molecule has 1 aromatic carbocycles. The van der Waals surface area contributed by atoms with Crippen LogP contribution in [-0.2, 0) is 23.0 Å². The number of nitrogens with one attached hydrogen (secondary N) is 3. The average Bonchev–Trinajstić information content (AvgIpc) is 2.65. The van der Waals surface area contributed by atoms with Crippen LogP contribution in [0.3, 0.4) is 0 Å². The molecule has 3 N–H and O–H groups in total. The van der Waals surface area contributed by atoms with Gasteiger partial charge in [-0.3, -0.25) is 9.98 Å². The first kappa shape index (κ1) is 22.3. The zero-order chi connectivity index (χ0) is 18.1. The van der Waals surface area contributed by atoms with Gasteiger partial charge in [-0.15, -0.1) is 24.0 Å². The van der Waals surface area contributed by atoms with Crippen molar-refractivity contribution < 1.29 is 8.42 Å². The summed E-state index contributed by atoms with van der Waals surface area (Å²) in [6, 6.07) is 12.6. The van der Waals surface area contributed by atoms with Gasteiger partial charge in [0, 0.05) is 38.4 Å². The number of nitrogens with zero attached hydrogens (tertiary/aromatic N) is 2. The van der Waals surface area contributed by atoms with Crippen LogP contribution in [0.15, 0.2) is 58.5 Å². The number of guanidine groups is 1. The van der Waals surface area contributed by atoms with Gasteiger partial charge in [0.2, 0.25) is 10.0 Å². The predicted octanol–water partition coefficient (Wildman–Crippen LogP) is 1.52. The van der Waals surface area contributed by atoms with Gasteiger partial charge in [0.25, 0.3) is 0 Å². The fourth-order valence-electron chi connectivity index (χ4n) is 2.17. The van der Waals surface area contributed by atoms with Gasteiger partial charge in [-0.1, -0.05) is 18.2 Å². The van der Waals surface area contributed by atoms with Crippen LogP contribution in [0, 0.1) is 0 Å². The van der Waals surface area contributed by atoms with Crippen molar-refractivity contribution >= 4 is 40.0 Å². The van der Waals surface area contributed by atoms with Crippen LogP contribution in [0.25, 0.3) is 0 Å². The zero-order valence-electron chi connectivity index (χ0n) is 14.8. The molecule has 142 valence electrons. The van der Waals surface area contributed by atoms with Crippen molar-refractivity contribution in [2.45, 2.75) is 17.9 Å². The highest BCUT2D eigenvalue weighted by atomic mass is 127. The molecule has 0 bridgehead atoms. The monoisotopic (exact) mass is 489 g/mol. The molecule has 1 aromatic heterocycles. The first-order valence-electron chi connectivity index (χ1n) is 7.92. The molecule has 2 rings (SSSR count). The summed E-state index contributed by atoms with van der Waals surface area (Å²) >= 11 is 0. The molecule has 26 heavy (non-hydrogen) atoms. The van der Waals surface area contributed by atoms with Gasteiger partial charge in [-0.05, 0) is 36.9 Å². The summed E-state index contributed by atoms with van der Waals surface area (Å²) < 4.78 is 25.7. The Morgan fingerprint density at radius 3 is 2.42 bits per heavy atom. The molecule has 0 amide bonds. The molecule has 0 aliphatic heterocycles. The Morgan fingerprint density at radius 2 is 1.85 bits per heavy atom.